The van der Waals surface area contributed by atoms with Gasteiger partial charge in [-0.15, -0.1) is 0 Å². The van der Waals surface area contributed by atoms with Crippen LogP contribution in [-0.2, 0) is 9.59 Å². The summed E-state index contributed by atoms with van der Waals surface area (Å²) in [7, 11) is 0. The molecule has 1 amide bonds. The third-order valence-electron chi connectivity index (χ3n) is 4.32. The molecule has 1 rings (SSSR count). The van der Waals surface area contributed by atoms with Crippen molar-refractivity contribution in [3.8, 4) is 0 Å². The molecular weight excluding hydrogens is 276 g/mol. The molecule has 0 saturated heterocycles. The van der Waals surface area contributed by atoms with E-state index in [0.717, 1.165) is 25.7 Å². The van der Waals surface area contributed by atoms with Gasteiger partial charge in [0.15, 0.2) is 0 Å². The van der Waals surface area contributed by atoms with Gasteiger partial charge in [0.25, 0.3) is 0 Å². The average Bonchev–Trinajstić information content (AvgIpc) is 2.44. The average molecular weight is 302 g/mol. The molecule has 0 aromatic rings. The van der Waals surface area contributed by atoms with Crippen molar-refractivity contribution in [3.05, 3.63) is 0 Å². The number of aliphatic carboxylic acids is 1. The van der Waals surface area contributed by atoms with E-state index in [1.54, 1.807) is 11.8 Å². The van der Waals surface area contributed by atoms with Gasteiger partial charge in [-0.1, -0.05) is 6.92 Å². The highest BCUT2D eigenvalue weighted by molar-refractivity contribution is 7.98. The van der Waals surface area contributed by atoms with E-state index in [4.69, 9.17) is 5.73 Å². The molecule has 1 aliphatic rings. The molecule has 20 heavy (non-hydrogen) atoms. The maximum atomic E-state index is 12.5. The van der Waals surface area contributed by atoms with E-state index >= 15 is 0 Å². The van der Waals surface area contributed by atoms with Crippen LogP contribution in [-0.4, -0.2) is 41.6 Å². The van der Waals surface area contributed by atoms with E-state index in [1.807, 2.05) is 6.26 Å². The van der Waals surface area contributed by atoms with Crippen molar-refractivity contribution in [2.45, 2.75) is 45.1 Å². The first-order chi connectivity index (χ1) is 9.45. The second-order valence-electron chi connectivity index (χ2n) is 5.81. The fourth-order valence-corrected chi connectivity index (χ4v) is 3.11. The Morgan fingerprint density at radius 3 is 2.50 bits per heavy atom. The molecule has 1 atom stereocenters. The number of carboxylic acid groups (broad SMARTS) is 1. The van der Waals surface area contributed by atoms with Gasteiger partial charge in [0.1, 0.15) is 6.04 Å². The largest absolute Gasteiger partial charge is 0.480 e. The molecular formula is C14H26N2O3S. The molecule has 0 bridgehead atoms. The number of rotatable bonds is 7. The van der Waals surface area contributed by atoms with Gasteiger partial charge in [-0.3, -0.25) is 4.79 Å². The zero-order chi connectivity index (χ0) is 15.2. The second-order valence-corrected chi connectivity index (χ2v) is 6.80. The minimum Gasteiger partial charge on any atom is -0.480 e. The maximum Gasteiger partial charge on any atom is 0.326 e. The summed E-state index contributed by atoms with van der Waals surface area (Å²) in [6.07, 6.45) is 5.83. The standard InChI is InChI=1S/C14H26N2O3S/c1-10-3-6-14(9-15,7-4-10)13(19)16-11(12(17)18)5-8-20-2/h10-11H,3-9,15H2,1-2H3,(H,16,19)(H,17,18)/t10?,11-,14?/m1/s1. The van der Waals surface area contributed by atoms with Gasteiger partial charge in [0.2, 0.25) is 5.91 Å². The Morgan fingerprint density at radius 2 is 2.05 bits per heavy atom. The SMILES string of the molecule is CSCC[C@@H](NC(=O)C1(CN)CCC(C)CC1)C(=O)O. The molecule has 0 spiro atoms. The van der Waals surface area contributed by atoms with E-state index in [2.05, 4.69) is 12.2 Å². The summed E-state index contributed by atoms with van der Waals surface area (Å²) in [6.45, 7) is 2.47. The summed E-state index contributed by atoms with van der Waals surface area (Å²) in [6, 6.07) is -0.808. The monoisotopic (exact) mass is 302 g/mol. The van der Waals surface area contributed by atoms with Crippen molar-refractivity contribution in [2.75, 3.05) is 18.6 Å². The lowest BCUT2D eigenvalue weighted by molar-refractivity contribution is -0.144. The van der Waals surface area contributed by atoms with Crippen molar-refractivity contribution in [1.82, 2.24) is 5.32 Å². The van der Waals surface area contributed by atoms with Crippen molar-refractivity contribution >= 4 is 23.6 Å². The Morgan fingerprint density at radius 1 is 1.45 bits per heavy atom. The Labute approximate surface area is 125 Å². The van der Waals surface area contributed by atoms with E-state index in [9.17, 15) is 14.7 Å². The zero-order valence-electron chi connectivity index (χ0n) is 12.4. The van der Waals surface area contributed by atoms with Crippen LogP contribution in [0, 0.1) is 11.3 Å². The molecule has 0 aromatic carbocycles. The van der Waals surface area contributed by atoms with Gasteiger partial charge >= 0.3 is 5.97 Å². The smallest absolute Gasteiger partial charge is 0.326 e. The predicted octanol–water partition coefficient (Wildman–Crippen LogP) is 1.46. The number of amides is 1. The van der Waals surface area contributed by atoms with E-state index in [-0.39, 0.29) is 5.91 Å². The lowest BCUT2D eigenvalue weighted by atomic mass is 9.70. The van der Waals surface area contributed by atoms with Crippen LogP contribution in [0.5, 0.6) is 0 Å². The molecule has 116 valence electrons. The number of carbonyl (C=O) groups excluding carboxylic acids is 1. The number of carboxylic acids is 1. The lowest BCUT2D eigenvalue weighted by Crippen LogP contribution is -2.52. The zero-order valence-corrected chi connectivity index (χ0v) is 13.2. The van der Waals surface area contributed by atoms with Crippen LogP contribution in [0.4, 0.5) is 0 Å². The molecule has 0 unspecified atom stereocenters. The number of nitrogens with two attached hydrogens (primary N) is 1. The van der Waals surface area contributed by atoms with Crippen LogP contribution in [0.2, 0.25) is 0 Å². The fourth-order valence-electron chi connectivity index (χ4n) is 2.64. The normalized spacial score (nSPS) is 27.9. The van der Waals surface area contributed by atoms with E-state index in [1.165, 1.54) is 0 Å². The summed E-state index contributed by atoms with van der Waals surface area (Å²) in [5.41, 5.74) is 5.25. The lowest BCUT2D eigenvalue weighted by Gasteiger charge is -2.37. The van der Waals surface area contributed by atoms with Crippen LogP contribution in [0.25, 0.3) is 0 Å². The predicted molar refractivity (Wildman–Crippen MR) is 81.7 cm³/mol. The quantitative estimate of drug-likeness (QED) is 0.662. The highest BCUT2D eigenvalue weighted by Gasteiger charge is 2.41. The summed E-state index contributed by atoms with van der Waals surface area (Å²) < 4.78 is 0. The molecule has 0 heterocycles. The molecule has 0 radical (unpaired) electrons. The van der Waals surface area contributed by atoms with Crippen molar-refractivity contribution in [3.63, 3.8) is 0 Å². The van der Waals surface area contributed by atoms with Crippen LogP contribution < -0.4 is 11.1 Å². The first kappa shape index (κ1) is 17.3. The molecule has 1 saturated carbocycles. The number of thioether (sulfide) groups is 1. The highest BCUT2D eigenvalue weighted by atomic mass is 32.2. The first-order valence-corrected chi connectivity index (χ1v) is 8.57. The van der Waals surface area contributed by atoms with Crippen molar-refractivity contribution in [1.29, 1.82) is 0 Å². The Bertz CT molecular complexity index is 341. The van der Waals surface area contributed by atoms with Crippen LogP contribution >= 0.6 is 11.8 Å². The van der Waals surface area contributed by atoms with Gasteiger partial charge in [0.05, 0.1) is 5.41 Å². The number of hydrogen-bond donors (Lipinski definition) is 3. The Balaban J connectivity index is 2.68. The van der Waals surface area contributed by atoms with Crippen molar-refractivity contribution < 1.29 is 14.7 Å². The molecule has 6 heteroatoms. The Kier molecular flexibility index (Phi) is 6.82. The summed E-state index contributed by atoms with van der Waals surface area (Å²) >= 11 is 1.58. The molecule has 0 aromatic heterocycles. The minimum absolute atomic E-state index is 0.180. The third kappa shape index (κ3) is 4.38. The fraction of sp³-hybridized carbons (Fsp3) is 0.857. The second kappa shape index (κ2) is 7.88. The first-order valence-electron chi connectivity index (χ1n) is 7.18. The molecule has 0 aliphatic heterocycles. The van der Waals surface area contributed by atoms with Crippen LogP contribution in [0.15, 0.2) is 0 Å². The van der Waals surface area contributed by atoms with Crippen molar-refractivity contribution in [2.24, 2.45) is 17.1 Å². The molecule has 5 nitrogen and oxygen atoms in total. The third-order valence-corrected chi connectivity index (χ3v) is 4.96. The Hall–Kier alpha value is -0.750. The van der Waals surface area contributed by atoms with E-state index < -0.39 is 17.4 Å². The summed E-state index contributed by atoms with van der Waals surface area (Å²) in [4.78, 5) is 23.7. The van der Waals surface area contributed by atoms with Gasteiger partial charge in [0, 0.05) is 6.54 Å². The number of nitrogens with one attached hydrogen (secondary N) is 1. The van der Waals surface area contributed by atoms with E-state index in [0.29, 0.717) is 24.6 Å². The van der Waals surface area contributed by atoms with Gasteiger partial charge < -0.3 is 16.2 Å². The number of carbonyl (C=O) groups is 2. The van der Waals surface area contributed by atoms with Crippen LogP contribution in [0.1, 0.15) is 39.0 Å². The summed E-state index contributed by atoms with van der Waals surface area (Å²) in [5.74, 6) is 0.183. The topological polar surface area (TPSA) is 92.4 Å². The summed E-state index contributed by atoms with van der Waals surface area (Å²) in [5, 5.41) is 11.9. The molecule has 1 aliphatic carbocycles. The molecule has 4 N–H and O–H groups in total. The minimum atomic E-state index is -0.969. The van der Waals surface area contributed by atoms with Crippen LogP contribution in [0.3, 0.4) is 0 Å². The molecule has 1 fully saturated rings. The van der Waals surface area contributed by atoms with Gasteiger partial charge in [-0.25, -0.2) is 4.79 Å². The number of hydrogen-bond acceptors (Lipinski definition) is 4. The maximum absolute atomic E-state index is 12.5. The highest BCUT2D eigenvalue weighted by Crippen LogP contribution is 2.38. The van der Waals surface area contributed by atoms with Gasteiger partial charge in [-0.05, 0) is 50.0 Å². The van der Waals surface area contributed by atoms with Gasteiger partial charge in [-0.2, -0.15) is 11.8 Å².